The van der Waals surface area contributed by atoms with E-state index >= 15 is 0 Å². The Morgan fingerprint density at radius 1 is 1.12 bits per heavy atom. The van der Waals surface area contributed by atoms with Crippen molar-refractivity contribution in [3.63, 3.8) is 0 Å². The van der Waals surface area contributed by atoms with Crippen molar-refractivity contribution in [2.24, 2.45) is 0 Å². The Kier molecular flexibility index (Phi) is 5.11. The van der Waals surface area contributed by atoms with Gasteiger partial charge in [-0.05, 0) is 54.5 Å². The number of ether oxygens (including phenoxy) is 4. The number of furan rings is 1. The second-order valence-corrected chi connectivity index (χ2v) is 7.77. The Bertz CT molecular complexity index is 1210. The lowest BCUT2D eigenvalue weighted by Crippen LogP contribution is -2.31. The van der Waals surface area contributed by atoms with Crippen molar-refractivity contribution in [1.29, 1.82) is 0 Å². The van der Waals surface area contributed by atoms with Gasteiger partial charge >= 0.3 is 0 Å². The van der Waals surface area contributed by atoms with Crippen molar-refractivity contribution in [2.45, 2.75) is 20.0 Å². The number of nitrogens with zero attached hydrogens (tertiary/aromatic N) is 1. The molecule has 0 saturated carbocycles. The number of ketones is 1. The molecule has 0 amide bonds. The van der Waals surface area contributed by atoms with Crippen LogP contribution in [0.4, 0.5) is 0 Å². The third kappa shape index (κ3) is 3.50. The van der Waals surface area contributed by atoms with E-state index in [2.05, 4.69) is 4.90 Å². The van der Waals surface area contributed by atoms with Gasteiger partial charge in [0.1, 0.15) is 24.0 Å². The zero-order valence-electron chi connectivity index (χ0n) is 18.1. The number of hydrogen-bond acceptors (Lipinski definition) is 7. The number of fused-ring (bicyclic) bond motifs is 3. The minimum Gasteiger partial charge on any atom is -0.493 e. The fraction of sp³-hybridized carbons (Fsp3) is 0.240. The van der Waals surface area contributed by atoms with Crippen LogP contribution < -0.4 is 18.9 Å². The summed E-state index contributed by atoms with van der Waals surface area (Å²) < 4.78 is 28.2. The maximum atomic E-state index is 13.2. The van der Waals surface area contributed by atoms with Crippen molar-refractivity contribution in [3.8, 4) is 23.0 Å². The lowest BCUT2D eigenvalue weighted by molar-refractivity contribution is 0.0809. The molecule has 0 aliphatic carbocycles. The van der Waals surface area contributed by atoms with Gasteiger partial charge in [-0.2, -0.15) is 0 Å². The molecule has 32 heavy (non-hydrogen) atoms. The normalized spacial score (nSPS) is 16.3. The summed E-state index contributed by atoms with van der Waals surface area (Å²) in [6, 6.07) is 11.2. The van der Waals surface area contributed by atoms with E-state index in [9.17, 15) is 4.79 Å². The smallest absolute Gasteiger partial charge is 0.232 e. The van der Waals surface area contributed by atoms with E-state index in [1.165, 1.54) is 0 Å². The van der Waals surface area contributed by atoms with Crippen LogP contribution in [0, 0.1) is 6.92 Å². The van der Waals surface area contributed by atoms with Crippen molar-refractivity contribution in [2.75, 3.05) is 21.0 Å². The molecule has 0 fully saturated rings. The molecule has 0 atom stereocenters. The van der Waals surface area contributed by atoms with Gasteiger partial charge in [-0.1, -0.05) is 6.07 Å². The molecule has 7 heteroatoms. The molecule has 1 aromatic heterocycles. The van der Waals surface area contributed by atoms with E-state index in [1.54, 1.807) is 32.6 Å². The highest BCUT2D eigenvalue weighted by Gasteiger charge is 2.35. The van der Waals surface area contributed by atoms with Gasteiger partial charge in [0, 0.05) is 6.54 Å². The van der Waals surface area contributed by atoms with Crippen LogP contribution in [-0.4, -0.2) is 31.6 Å². The predicted molar refractivity (Wildman–Crippen MR) is 117 cm³/mol. The first-order chi connectivity index (χ1) is 15.6. The molecule has 0 unspecified atom stereocenters. The molecule has 3 aromatic rings. The lowest BCUT2D eigenvalue weighted by atomic mass is 9.98. The third-order valence-corrected chi connectivity index (χ3v) is 5.65. The van der Waals surface area contributed by atoms with Gasteiger partial charge in [0.05, 0.1) is 38.2 Å². The van der Waals surface area contributed by atoms with Gasteiger partial charge in [-0.25, -0.2) is 0 Å². The molecule has 7 nitrogen and oxygen atoms in total. The maximum absolute atomic E-state index is 13.2. The molecule has 0 saturated heterocycles. The first-order valence-electron chi connectivity index (χ1n) is 10.3. The number of hydrogen-bond donors (Lipinski definition) is 0. The van der Waals surface area contributed by atoms with Crippen LogP contribution >= 0.6 is 0 Å². The van der Waals surface area contributed by atoms with Crippen molar-refractivity contribution >= 4 is 11.9 Å². The number of methoxy groups -OCH3 is 2. The van der Waals surface area contributed by atoms with E-state index in [0.29, 0.717) is 42.6 Å². The molecule has 2 aliphatic rings. The van der Waals surface area contributed by atoms with Crippen molar-refractivity contribution in [1.82, 2.24) is 4.90 Å². The summed E-state index contributed by atoms with van der Waals surface area (Å²) in [6.07, 6.45) is 3.38. The number of aryl methyl sites for hydroxylation is 1. The molecule has 0 N–H and O–H groups in total. The van der Waals surface area contributed by atoms with Crippen molar-refractivity contribution in [3.05, 3.63) is 76.4 Å². The van der Waals surface area contributed by atoms with Gasteiger partial charge < -0.3 is 23.4 Å². The predicted octanol–water partition coefficient (Wildman–Crippen LogP) is 4.57. The van der Waals surface area contributed by atoms with Crippen LogP contribution in [0.3, 0.4) is 0 Å². The van der Waals surface area contributed by atoms with Crippen molar-refractivity contribution < 1.29 is 28.2 Å². The van der Waals surface area contributed by atoms with E-state index in [1.807, 2.05) is 37.3 Å². The minimum atomic E-state index is -0.141. The summed E-state index contributed by atoms with van der Waals surface area (Å²) in [5.74, 6) is 3.51. The molecule has 2 aliphatic heterocycles. The zero-order valence-corrected chi connectivity index (χ0v) is 18.1. The Morgan fingerprint density at radius 3 is 2.72 bits per heavy atom. The highest BCUT2D eigenvalue weighted by atomic mass is 16.5. The highest BCUT2D eigenvalue weighted by molar-refractivity contribution is 6.15. The maximum Gasteiger partial charge on any atom is 0.232 e. The lowest BCUT2D eigenvalue weighted by Gasteiger charge is -2.29. The van der Waals surface area contributed by atoms with E-state index < -0.39 is 0 Å². The average molecular weight is 433 g/mol. The highest BCUT2D eigenvalue weighted by Crippen LogP contribution is 2.44. The number of rotatable bonds is 5. The van der Waals surface area contributed by atoms with E-state index in [0.717, 1.165) is 28.2 Å². The van der Waals surface area contributed by atoms with Gasteiger partial charge in [0.15, 0.2) is 17.3 Å². The number of carbonyl (C=O) groups is 1. The SMILES string of the molecule is COc1ccc(/C=C2\Oc3c4c(cc(C)c3C2=O)OCN(Cc2ccco2)C4)cc1OC. The van der Waals surface area contributed by atoms with Gasteiger partial charge in [0.2, 0.25) is 5.78 Å². The summed E-state index contributed by atoms with van der Waals surface area (Å²) in [4.78, 5) is 15.3. The number of benzene rings is 2. The first-order valence-corrected chi connectivity index (χ1v) is 10.3. The fourth-order valence-corrected chi connectivity index (χ4v) is 4.09. The van der Waals surface area contributed by atoms with Crippen LogP contribution in [0.15, 0.2) is 52.8 Å². The number of Topliss-reactive ketones (excluding diaryl/α,β-unsaturated/α-hetero) is 1. The quantitative estimate of drug-likeness (QED) is 0.546. The summed E-state index contributed by atoms with van der Waals surface area (Å²) in [5, 5.41) is 0. The molecule has 5 rings (SSSR count). The second-order valence-electron chi connectivity index (χ2n) is 7.77. The molecule has 3 heterocycles. The van der Waals surface area contributed by atoms with Crippen LogP contribution in [-0.2, 0) is 13.1 Å². The number of carbonyl (C=O) groups excluding carboxylic acids is 1. The standard InChI is InChI=1S/C25H23NO6/c1-15-9-20-18(13-26(14-31-20)12-17-5-4-8-30-17)25-23(15)24(27)22(32-25)11-16-6-7-19(28-2)21(10-16)29-3/h4-11H,12-14H2,1-3H3/b22-11-. The second kappa shape index (κ2) is 8.09. The topological polar surface area (TPSA) is 70.4 Å². The van der Waals surface area contributed by atoms with Gasteiger partial charge in [0.25, 0.3) is 0 Å². The summed E-state index contributed by atoms with van der Waals surface area (Å²) in [7, 11) is 3.16. The Morgan fingerprint density at radius 2 is 1.97 bits per heavy atom. The van der Waals surface area contributed by atoms with Crippen LogP contribution in [0.2, 0.25) is 0 Å². The van der Waals surface area contributed by atoms with Crippen LogP contribution in [0.1, 0.15) is 32.8 Å². The average Bonchev–Trinajstić information content (AvgIpc) is 3.42. The van der Waals surface area contributed by atoms with Gasteiger partial charge in [-0.15, -0.1) is 0 Å². The fourth-order valence-electron chi connectivity index (χ4n) is 4.09. The molecule has 0 bridgehead atoms. The minimum absolute atomic E-state index is 0.141. The Labute approximate surface area is 185 Å². The molecular weight excluding hydrogens is 410 g/mol. The van der Waals surface area contributed by atoms with E-state index in [-0.39, 0.29) is 11.5 Å². The third-order valence-electron chi connectivity index (χ3n) is 5.65. The Hall–Kier alpha value is -3.71. The number of allylic oxidation sites excluding steroid dienone is 1. The molecular formula is C25H23NO6. The summed E-state index contributed by atoms with van der Waals surface area (Å²) in [6.45, 7) is 3.54. The molecule has 164 valence electrons. The molecule has 0 radical (unpaired) electrons. The largest absolute Gasteiger partial charge is 0.493 e. The summed E-state index contributed by atoms with van der Waals surface area (Å²) >= 11 is 0. The first kappa shape index (κ1) is 20.2. The van der Waals surface area contributed by atoms with E-state index in [4.69, 9.17) is 23.4 Å². The molecule has 2 aromatic carbocycles. The Balaban J connectivity index is 1.47. The monoisotopic (exact) mass is 433 g/mol. The zero-order chi connectivity index (χ0) is 22.2. The van der Waals surface area contributed by atoms with Crippen LogP contribution in [0.25, 0.3) is 6.08 Å². The molecule has 0 spiro atoms. The van der Waals surface area contributed by atoms with Gasteiger partial charge in [-0.3, -0.25) is 9.69 Å². The summed E-state index contributed by atoms with van der Waals surface area (Å²) in [5.41, 5.74) is 3.06. The van der Waals surface area contributed by atoms with Crippen LogP contribution in [0.5, 0.6) is 23.0 Å².